The third-order valence-corrected chi connectivity index (χ3v) is 8.40. The van der Waals surface area contributed by atoms with E-state index in [2.05, 4.69) is 131 Å². The van der Waals surface area contributed by atoms with Gasteiger partial charge in [-0.05, 0) is 48.9 Å². The van der Waals surface area contributed by atoms with E-state index in [4.69, 9.17) is 9.97 Å². The normalized spacial score (nSPS) is 12.0. The summed E-state index contributed by atoms with van der Waals surface area (Å²) in [5.74, 6) is 1.71. The smallest absolute Gasteiger partial charge is 0.138 e. The molecule has 214 valence electrons. The van der Waals surface area contributed by atoms with Crippen LogP contribution in [0.25, 0.3) is 72.1 Å². The lowest BCUT2D eigenvalue weighted by molar-refractivity contribution is 1.05. The number of fused-ring (bicyclic) bond motifs is 7. The molecule has 4 aromatic carbocycles. The topological polar surface area (TPSA) is 35.6 Å². The number of hydrogen-bond acceptors (Lipinski definition) is 2. The van der Waals surface area contributed by atoms with Crippen LogP contribution in [0.3, 0.4) is 0 Å². The Labute approximate surface area is 261 Å². The molecule has 0 aliphatic carbocycles. The molecule has 0 aliphatic rings. The van der Waals surface area contributed by atoms with Crippen molar-refractivity contribution in [3.8, 4) is 22.9 Å². The Morgan fingerprint density at radius 3 is 1.78 bits per heavy atom. The molecule has 0 bridgehead atoms. The van der Waals surface area contributed by atoms with Gasteiger partial charge in [0.25, 0.3) is 0 Å². The molecule has 0 saturated carbocycles. The van der Waals surface area contributed by atoms with Crippen LogP contribution in [0.4, 0.5) is 0 Å². The maximum absolute atomic E-state index is 5.24. The van der Waals surface area contributed by atoms with Gasteiger partial charge >= 0.3 is 0 Å². The molecule has 0 saturated heterocycles. The zero-order valence-corrected chi connectivity index (χ0v) is 24.9. The second-order valence-electron chi connectivity index (χ2n) is 11.1. The minimum atomic E-state index is 0.837. The SMILES string of the molecule is C=C(/C=C\C=C/C)c1cccc(-n2c3ccccc3c3ccc4c5ccccc5n(-c5cccc(-c6ccccc6)n5)c4c32)n1. The Hall–Kier alpha value is -6.00. The first-order chi connectivity index (χ1) is 22.2. The number of hydrogen-bond donors (Lipinski definition) is 0. The molecule has 8 rings (SSSR count). The zero-order chi connectivity index (χ0) is 30.3. The first-order valence-electron chi connectivity index (χ1n) is 15.2. The maximum atomic E-state index is 5.24. The minimum absolute atomic E-state index is 0.837. The lowest BCUT2D eigenvalue weighted by Crippen LogP contribution is -2.03. The third kappa shape index (κ3) is 4.38. The largest absolute Gasteiger partial charge is 0.292 e. The van der Waals surface area contributed by atoms with Gasteiger partial charge in [-0.15, -0.1) is 0 Å². The number of benzene rings is 4. The Kier molecular flexibility index (Phi) is 6.46. The standard InChI is InChI=1S/C41H30N4/c1-3-4-6-15-28(2)34-20-13-24-38(42-34)44-36-22-11-9-18-30(36)32-26-27-33-31-19-10-12-23-37(31)45(41(33)40(32)44)39-25-14-21-35(43-39)29-16-7-5-8-17-29/h3-27H,2H2,1H3/b4-3-,15-6-. The van der Waals surface area contributed by atoms with Crippen LogP contribution >= 0.6 is 0 Å². The summed E-state index contributed by atoms with van der Waals surface area (Å²) < 4.78 is 4.62. The second kappa shape index (κ2) is 10.9. The van der Waals surface area contributed by atoms with Crippen molar-refractivity contribution in [2.24, 2.45) is 0 Å². The molecule has 4 heterocycles. The molecule has 0 unspecified atom stereocenters. The van der Waals surface area contributed by atoms with Crippen LogP contribution in [0.15, 0.2) is 158 Å². The third-order valence-electron chi connectivity index (χ3n) is 8.40. The van der Waals surface area contributed by atoms with Crippen LogP contribution < -0.4 is 0 Å². The van der Waals surface area contributed by atoms with E-state index in [1.165, 1.54) is 21.5 Å². The van der Waals surface area contributed by atoms with Crippen molar-refractivity contribution >= 4 is 49.2 Å². The lowest BCUT2D eigenvalue weighted by Gasteiger charge is -2.13. The molecule has 0 radical (unpaired) electrons. The van der Waals surface area contributed by atoms with Crippen molar-refractivity contribution in [2.45, 2.75) is 6.92 Å². The van der Waals surface area contributed by atoms with Crippen molar-refractivity contribution in [3.05, 3.63) is 164 Å². The molecule has 45 heavy (non-hydrogen) atoms. The summed E-state index contributed by atoms with van der Waals surface area (Å²) >= 11 is 0. The fraction of sp³-hybridized carbons (Fsp3) is 0.0244. The van der Waals surface area contributed by atoms with E-state index in [0.717, 1.165) is 56.2 Å². The molecule has 4 heteroatoms. The van der Waals surface area contributed by atoms with Crippen molar-refractivity contribution in [1.82, 2.24) is 19.1 Å². The molecular weight excluding hydrogens is 548 g/mol. The Morgan fingerprint density at radius 2 is 1.13 bits per heavy atom. The van der Waals surface area contributed by atoms with Crippen molar-refractivity contribution < 1.29 is 0 Å². The molecule has 4 nitrogen and oxygen atoms in total. The fourth-order valence-corrected chi connectivity index (χ4v) is 6.39. The summed E-state index contributed by atoms with van der Waals surface area (Å²) in [4.78, 5) is 10.4. The molecule has 0 N–H and O–H groups in total. The summed E-state index contributed by atoms with van der Waals surface area (Å²) in [6.45, 7) is 6.31. The summed E-state index contributed by atoms with van der Waals surface area (Å²) in [7, 11) is 0. The van der Waals surface area contributed by atoms with E-state index >= 15 is 0 Å². The van der Waals surface area contributed by atoms with Crippen molar-refractivity contribution in [1.29, 1.82) is 0 Å². The van der Waals surface area contributed by atoms with Gasteiger partial charge in [0.1, 0.15) is 11.6 Å². The van der Waals surface area contributed by atoms with Gasteiger partial charge in [0.15, 0.2) is 0 Å². The highest BCUT2D eigenvalue weighted by molar-refractivity contribution is 6.23. The summed E-state index contributed by atoms with van der Waals surface area (Å²) in [6, 6.07) is 44.5. The fourth-order valence-electron chi connectivity index (χ4n) is 6.39. The quantitative estimate of drug-likeness (QED) is 0.184. The van der Waals surface area contributed by atoms with Crippen LogP contribution in [0, 0.1) is 0 Å². The Bertz CT molecular complexity index is 2460. The highest BCUT2D eigenvalue weighted by Crippen LogP contribution is 2.41. The Balaban J connectivity index is 1.48. The molecule has 0 spiro atoms. The average molecular weight is 579 g/mol. The van der Waals surface area contributed by atoms with E-state index in [-0.39, 0.29) is 0 Å². The van der Waals surface area contributed by atoms with E-state index in [9.17, 15) is 0 Å². The lowest BCUT2D eigenvalue weighted by atomic mass is 10.1. The first kappa shape index (κ1) is 26.6. The van der Waals surface area contributed by atoms with Crippen LogP contribution in [0.2, 0.25) is 0 Å². The van der Waals surface area contributed by atoms with E-state index in [1.807, 2.05) is 43.4 Å². The molecule has 0 atom stereocenters. The van der Waals surface area contributed by atoms with Crippen LogP contribution in [0.5, 0.6) is 0 Å². The monoisotopic (exact) mass is 578 g/mol. The van der Waals surface area contributed by atoms with Crippen molar-refractivity contribution in [3.63, 3.8) is 0 Å². The van der Waals surface area contributed by atoms with Gasteiger partial charge in [-0.2, -0.15) is 0 Å². The minimum Gasteiger partial charge on any atom is -0.292 e. The number of para-hydroxylation sites is 2. The van der Waals surface area contributed by atoms with E-state index < -0.39 is 0 Å². The highest BCUT2D eigenvalue weighted by atomic mass is 15.1. The summed E-state index contributed by atoms with van der Waals surface area (Å²) in [5, 5.41) is 4.70. The van der Waals surface area contributed by atoms with Gasteiger partial charge in [-0.1, -0.05) is 122 Å². The molecule has 8 aromatic rings. The average Bonchev–Trinajstić information content (AvgIpc) is 3.62. The Morgan fingerprint density at radius 1 is 0.556 bits per heavy atom. The zero-order valence-electron chi connectivity index (χ0n) is 24.9. The van der Waals surface area contributed by atoms with Gasteiger partial charge in [-0.25, -0.2) is 9.97 Å². The van der Waals surface area contributed by atoms with Gasteiger partial charge < -0.3 is 0 Å². The first-order valence-corrected chi connectivity index (χ1v) is 15.2. The summed E-state index contributed by atoms with van der Waals surface area (Å²) in [6.07, 6.45) is 7.99. The number of nitrogens with zero attached hydrogens (tertiary/aromatic N) is 4. The van der Waals surface area contributed by atoms with E-state index in [0.29, 0.717) is 0 Å². The molecule has 4 aromatic heterocycles. The van der Waals surface area contributed by atoms with Crippen LogP contribution in [-0.4, -0.2) is 19.1 Å². The number of pyridine rings is 2. The van der Waals surface area contributed by atoms with Crippen LogP contribution in [-0.2, 0) is 0 Å². The second-order valence-corrected chi connectivity index (χ2v) is 11.1. The van der Waals surface area contributed by atoms with Gasteiger partial charge in [-0.3, -0.25) is 9.13 Å². The summed E-state index contributed by atoms with van der Waals surface area (Å²) in [5.41, 5.74) is 8.12. The molecule has 0 aliphatic heterocycles. The number of rotatable bonds is 6. The number of aromatic nitrogens is 4. The van der Waals surface area contributed by atoms with E-state index in [1.54, 1.807) is 0 Å². The number of allylic oxidation sites excluding steroid dienone is 5. The van der Waals surface area contributed by atoms with Gasteiger partial charge in [0.05, 0.1) is 33.5 Å². The van der Waals surface area contributed by atoms with Gasteiger partial charge in [0, 0.05) is 27.1 Å². The predicted molar refractivity (Wildman–Crippen MR) is 189 cm³/mol. The molecule has 0 amide bonds. The maximum Gasteiger partial charge on any atom is 0.138 e. The van der Waals surface area contributed by atoms with Crippen molar-refractivity contribution in [2.75, 3.05) is 0 Å². The van der Waals surface area contributed by atoms with Gasteiger partial charge in [0.2, 0.25) is 0 Å². The van der Waals surface area contributed by atoms with Crippen LogP contribution in [0.1, 0.15) is 12.6 Å². The predicted octanol–water partition coefficient (Wildman–Crippen LogP) is 10.5. The molecule has 0 fully saturated rings. The highest BCUT2D eigenvalue weighted by Gasteiger charge is 2.22. The molecular formula is C41H30N4.